The van der Waals surface area contributed by atoms with Gasteiger partial charge in [-0.15, -0.1) is 0 Å². The average molecular weight is 170 g/mol. The van der Waals surface area contributed by atoms with E-state index in [-0.39, 0.29) is 19.8 Å². The molecule has 0 aliphatic heterocycles. The van der Waals surface area contributed by atoms with Gasteiger partial charge < -0.3 is 0 Å². The predicted molar refractivity (Wildman–Crippen MR) is 41.9 cm³/mol. The second-order valence-corrected chi connectivity index (χ2v) is 2.50. The van der Waals surface area contributed by atoms with Crippen LogP contribution in [0, 0.1) is 12.8 Å². The van der Waals surface area contributed by atoms with E-state index < -0.39 is 0 Å². The predicted octanol–water partition coefficient (Wildman–Crippen LogP) is 1.22. The molecule has 0 saturated heterocycles. The van der Waals surface area contributed by atoms with Crippen LogP contribution in [0.5, 0.6) is 0 Å². The SMILES string of the molecule is [CH2]C1CCCCC1.[GaH3]. The molecule has 0 N–H and O–H groups in total. The molecule has 0 nitrogen and oxygen atoms in total. The minimum absolute atomic E-state index is 0. The van der Waals surface area contributed by atoms with Gasteiger partial charge in [0.1, 0.15) is 0 Å². The maximum absolute atomic E-state index is 4.00. The zero-order valence-corrected chi connectivity index (χ0v) is 4.82. The topological polar surface area (TPSA) is 0 Å². The average Bonchev–Trinajstić information content (AvgIpc) is 1.69. The van der Waals surface area contributed by atoms with Crippen LogP contribution in [0.4, 0.5) is 0 Å². The van der Waals surface area contributed by atoms with Gasteiger partial charge in [-0.2, -0.15) is 0 Å². The molecular formula is C7H16Ga. The van der Waals surface area contributed by atoms with E-state index in [1.807, 2.05) is 0 Å². The molecule has 8 heavy (non-hydrogen) atoms. The summed E-state index contributed by atoms with van der Waals surface area (Å²) in [4.78, 5) is 0. The summed E-state index contributed by atoms with van der Waals surface area (Å²) in [5, 5.41) is 0. The first-order valence-corrected chi connectivity index (χ1v) is 3.22. The summed E-state index contributed by atoms with van der Waals surface area (Å²) >= 11 is 0. The van der Waals surface area contributed by atoms with Gasteiger partial charge in [-0.05, 0) is 5.92 Å². The van der Waals surface area contributed by atoms with E-state index in [0.29, 0.717) is 0 Å². The van der Waals surface area contributed by atoms with E-state index in [4.69, 9.17) is 0 Å². The van der Waals surface area contributed by atoms with E-state index in [1.54, 1.807) is 0 Å². The van der Waals surface area contributed by atoms with Crippen molar-refractivity contribution in [2.75, 3.05) is 0 Å². The Hall–Kier alpha value is 0.636. The van der Waals surface area contributed by atoms with Crippen molar-refractivity contribution in [1.29, 1.82) is 0 Å². The van der Waals surface area contributed by atoms with Gasteiger partial charge in [0.2, 0.25) is 0 Å². The van der Waals surface area contributed by atoms with Crippen LogP contribution in [0.25, 0.3) is 0 Å². The molecule has 1 saturated carbocycles. The molecule has 0 spiro atoms. The number of rotatable bonds is 0. The van der Waals surface area contributed by atoms with Crippen LogP contribution in [-0.4, -0.2) is 19.8 Å². The summed E-state index contributed by atoms with van der Waals surface area (Å²) in [6.07, 6.45) is 7.05. The molecule has 0 atom stereocenters. The van der Waals surface area contributed by atoms with Gasteiger partial charge in [0.25, 0.3) is 0 Å². The quantitative estimate of drug-likeness (QED) is 0.479. The van der Waals surface area contributed by atoms with E-state index >= 15 is 0 Å². The van der Waals surface area contributed by atoms with Crippen molar-refractivity contribution >= 4 is 19.8 Å². The second kappa shape index (κ2) is 4.51. The van der Waals surface area contributed by atoms with E-state index in [9.17, 15) is 0 Å². The van der Waals surface area contributed by atoms with Crippen LogP contribution in [0.15, 0.2) is 0 Å². The standard InChI is InChI=1S/C7H13.Ga.3H/c1-7-5-3-2-4-6-7;;;;/h7H,1-6H2;;;;. The van der Waals surface area contributed by atoms with Gasteiger partial charge in [0.05, 0.1) is 0 Å². The fourth-order valence-electron chi connectivity index (χ4n) is 1.19. The van der Waals surface area contributed by atoms with E-state index in [0.717, 1.165) is 5.92 Å². The molecule has 1 radical (unpaired) electrons. The van der Waals surface area contributed by atoms with Crippen molar-refractivity contribution < 1.29 is 0 Å². The molecule has 0 unspecified atom stereocenters. The summed E-state index contributed by atoms with van der Waals surface area (Å²) in [6, 6.07) is 0. The third-order valence-corrected chi connectivity index (χ3v) is 1.72. The van der Waals surface area contributed by atoms with Crippen molar-refractivity contribution in [1.82, 2.24) is 0 Å². The molecule has 47 valence electrons. The fraction of sp³-hybridized carbons (Fsp3) is 0.857. The zero-order valence-electron chi connectivity index (χ0n) is 4.82. The molecule has 0 amide bonds. The van der Waals surface area contributed by atoms with Gasteiger partial charge in [-0.25, -0.2) is 0 Å². The fourth-order valence-corrected chi connectivity index (χ4v) is 1.19. The first kappa shape index (κ1) is 8.64. The Bertz CT molecular complexity index is 46.3. The molecule has 1 fully saturated rings. The van der Waals surface area contributed by atoms with Crippen LogP contribution in [0.3, 0.4) is 0 Å². The van der Waals surface area contributed by atoms with E-state index in [2.05, 4.69) is 6.92 Å². The number of hydrogen-bond donors (Lipinski definition) is 0. The first-order valence-electron chi connectivity index (χ1n) is 3.22. The monoisotopic (exact) mass is 169 g/mol. The van der Waals surface area contributed by atoms with Crippen molar-refractivity contribution in [3.8, 4) is 0 Å². The Kier molecular flexibility index (Phi) is 4.87. The summed E-state index contributed by atoms with van der Waals surface area (Å²) < 4.78 is 0. The van der Waals surface area contributed by atoms with Crippen molar-refractivity contribution in [2.24, 2.45) is 5.92 Å². The zero-order chi connectivity index (χ0) is 5.11. The second-order valence-electron chi connectivity index (χ2n) is 2.50. The summed E-state index contributed by atoms with van der Waals surface area (Å²) in [7, 11) is 0. The molecule has 0 aromatic heterocycles. The molecule has 1 heteroatoms. The van der Waals surface area contributed by atoms with Gasteiger partial charge in [0, 0.05) is 0 Å². The molecule has 0 bridgehead atoms. The molecule has 1 rings (SSSR count). The van der Waals surface area contributed by atoms with E-state index in [1.165, 1.54) is 32.1 Å². The van der Waals surface area contributed by atoms with Crippen molar-refractivity contribution in [3.05, 3.63) is 6.92 Å². The Morgan fingerprint density at radius 1 is 1.00 bits per heavy atom. The Labute approximate surface area is 65.1 Å². The number of hydrogen-bond acceptors (Lipinski definition) is 0. The van der Waals surface area contributed by atoms with Crippen LogP contribution in [0.1, 0.15) is 32.1 Å². The normalized spacial score (nSPS) is 22.1. The molecular weight excluding hydrogens is 154 g/mol. The third kappa shape index (κ3) is 2.83. The Balaban J connectivity index is 0.000000490. The van der Waals surface area contributed by atoms with Crippen LogP contribution in [0.2, 0.25) is 0 Å². The molecule has 1 aliphatic rings. The van der Waals surface area contributed by atoms with Crippen LogP contribution >= 0.6 is 0 Å². The summed E-state index contributed by atoms with van der Waals surface area (Å²) in [5.74, 6) is 0.786. The van der Waals surface area contributed by atoms with Gasteiger partial charge in [-0.3, -0.25) is 0 Å². The van der Waals surface area contributed by atoms with Gasteiger partial charge >= 0.3 is 19.8 Å². The third-order valence-electron chi connectivity index (χ3n) is 1.72. The van der Waals surface area contributed by atoms with Gasteiger partial charge in [0.15, 0.2) is 0 Å². The first-order chi connectivity index (χ1) is 3.39. The molecule has 0 aromatic carbocycles. The molecule has 1 aliphatic carbocycles. The van der Waals surface area contributed by atoms with Gasteiger partial charge in [-0.1, -0.05) is 39.0 Å². The minimum atomic E-state index is 0. The molecule has 0 aromatic rings. The van der Waals surface area contributed by atoms with Crippen molar-refractivity contribution in [2.45, 2.75) is 32.1 Å². The summed E-state index contributed by atoms with van der Waals surface area (Å²) in [6.45, 7) is 4.00. The van der Waals surface area contributed by atoms with Crippen LogP contribution in [-0.2, 0) is 0 Å². The van der Waals surface area contributed by atoms with Crippen molar-refractivity contribution in [3.63, 3.8) is 0 Å². The Morgan fingerprint density at radius 3 is 1.75 bits per heavy atom. The maximum atomic E-state index is 4.00. The van der Waals surface area contributed by atoms with Crippen LogP contribution < -0.4 is 0 Å². The summed E-state index contributed by atoms with van der Waals surface area (Å²) in [5.41, 5.74) is 0. The molecule has 0 heterocycles. The Morgan fingerprint density at radius 2 is 1.50 bits per heavy atom.